The third kappa shape index (κ3) is 2.90. The van der Waals surface area contributed by atoms with Crippen molar-refractivity contribution >= 4 is 23.0 Å². The van der Waals surface area contributed by atoms with Crippen LogP contribution in [0.1, 0.15) is 18.4 Å². The molecular weight excluding hydrogens is 264 g/mol. The van der Waals surface area contributed by atoms with Gasteiger partial charge in [0.2, 0.25) is 0 Å². The molecule has 6 heteroatoms. The van der Waals surface area contributed by atoms with Crippen LogP contribution in [-0.4, -0.2) is 23.1 Å². The number of rotatable bonds is 4. The van der Waals surface area contributed by atoms with Crippen molar-refractivity contribution in [3.63, 3.8) is 0 Å². The van der Waals surface area contributed by atoms with Crippen LogP contribution in [0, 0.1) is 6.92 Å². The highest BCUT2D eigenvalue weighted by molar-refractivity contribution is 5.65. The molecule has 0 radical (unpaired) electrons. The second kappa shape index (κ2) is 5.97. The van der Waals surface area contributed by atoms with Crippen molar-refractivity contribution in [1.29, 1.82) is 0 Å². The predicted octanol–water partition coefficient (Wildman–Crippen LogP) is 2.41. The topological polar surface area (TPSA) is 79.1 Å². The number of benzene rings is 1. The van der Waals surface area contributed by atoms with Gasteiger partial charge < -0.3 is 15.6 Å². The summed E-state index contributed by atoms with van der Waals surface area (Å²) in [7, 11) is 0. The van der Waals surface area contributed by atoms with Gasteiger partial charge in [-0.15, -0.1) is 0 Å². The Balaban J connectivity index is 1.76. The van der Waals surface area contributed by atoms with Crippen LogP contribution in [-0.2, 0) is 0 Å². The molecule has 1 saturated heterocycles. The fourth-order valence-electron chi connectivity index (χ4n) is 2.59. The fourth-order valence-corrected chi connectivity index (χ4v) is 2.59. The van der Waals surface area contributed by atoms with E-state index in [2.05, 4.69) is 49.9 Å². The number of hydrogen-bond acceptors (Lipinski definition) is 6. The number of aromatic nitrogens is 2. The molecule has 1 fully saturated rings. The fraction of sp³-hybridized carbons (Fsp3) is 0.333. The van der Waals surface area contributed by atoms with E-state index in [4.69, 9.17) is 5.84 Å². The first-order chi connectivity index (χ1) is 10.3. The van der Waals surface area contributed by atoms with Crippen molar-refractivity contribution in [2.75, 3.05) is 28.7 Å². The largest absolute Gasteiger partial charge is 0.372 e. The van der Waals surface area contributed by atoms with Gasteiger partial charge in [-0.1, -0.05) is 0 Å². The minimum Gasteiger partial charge on any atom is -0.372 e. The minimum absolute atomic E-state index is 0.626. The van der Waals surface area contributed by atoms with Crippen molar-refractivity contribution in [3.05, 3.63) is 36.2 Å². The van der Waals surface area contributed by atoms with Crippen LogP contribution in [0.3, 0.4) is 0 Å². The molecule has 1 aliphatic rings. The summed E-state index contributed by atoms with van der Waals surface area (Å²) in [5.41, 5.74) is 5.74. The second-order valence-corrected chi connectivity index (χ2v) is 5.21. The average Bonchev–Trinajstić information content (AvgIpc) is 3.04. The number of anilines is 4. The van der Waals surface area contributed by atoms with E-state index in [0.717, 1.165) is 30.2 Å². The molecule has 0 aliphatic carbocycles. The molecular formula is C15H20N6. The minimum atomic E-state index is 0.626. The van der Waals surface area contributed by atoms with Crippen LogP contribution < -0.4 is 21.5 Å². The summed E-state index contributed by atoms with van der Waals surface area (Å²) >= 11 is 0. The Labute approximate surface area is 124 Å². The Morgan fingerprint density at radius 1 is 1.05 bits per heavy atom. The van der Waals surface area contributed by atoms with E-state index in [1.165, 1.54) is 24.9 Å². The van der Waals surface area contributed by atoms with E-state index < -0.39 is 0 Å². The van der Waals surface area contributed by atoms with Gasteiger partial charge in [-0.25, -0.2) is 15.8 Å². The smallest absolute Gasteiger partial charge is 0.148 e. The zero-order valence-electron chi connectivity index (χ0n) is 12.1. The molecule has 0 saturated carbocycles. The number of hydrazine groups is 1. The number of nitrogens with one attached hydrogen (secondary N) is 2. The van der Waals surface area contributed by atoms with Crippen molar-refractivity contribution in [1.82, 2.24) is 9.97 Å². The summed E-state index contributed by atoms with van der Waals surface area (Å²) in [6.07, 6.45) is 4.06. The maximum atomic E-state index is 5.43. The van der Waals surface area contributed by atoms with Crippen LogP contribution in [0.15, 0.2) is 30.6 Å². The third-order valence-electron chi connectivity index (χ3n) is 3.82. The van der Waals surface area contributed by atoms with Crippen LogP contribution >= 0.6 is 0 Å². The van der Waals surface area contributed by atoms with Gasteiger partial charge in [0.05, 0.1) is 0 Å². The molecule has 4 N–H and O–H groups in total. The Morgan fingerprint density at radius 2 is 1.71 bits per heavy atom. The maximum Gasteiger partial charge on any atom is 0.148 e. The lowest BCUT2D eigenvalue weighted by Gasteiger charge is -2.18. The Hall–Kier alpha value is -2.34. The van der Waals surface area contributed by atoms with Crippen molar-refractivity contribution < 1.29 is 0 Å². The summed E-state index contributed by atoms with van der Waals surface area (Å²) in [4.78, 5) is 10.7. The van der Waals surface area contributed by atoms with Gasteiger partial charge in [0, 0.05) is 30.0 Å². The van der Waals surface area contributed by atoms with Crippen LogP contribution in [0.5, 0.6) is 0 Å². The predicted molar refractivity (Wildman–Crippen MR) is 85.8 cm³/mol. The molecule has 3 rings (SSSR count). The molecule has 6 nitrogen and oxygen atoms in total. The number of nitrogen functional groups attached to an aromatic ring is 1. The van der Waals surface area contributed by atoms with Gasteiger partial charge in [-0.2, -0.15) is 0 Å². The molecule has 0 spiro atoms. The zero-order chi connectivity index (χ0) is 14.7. The molecule has 110 valence electrons. The van der Waals surface area contributed by atoms with Crippen LogP contribution in [0.4, 0.5) is 23.0 Å². The first kappa shape index (κ1) is 13.6. The molecule has 0 unspecified atom stereocenters. The molecule has 0 atom stereocenters. The van der Waals surface area contributed by atoms with E-state index in [1.54, 1.807) is 0 Å². The summed E-state index contributed by atoms with van der Waals surface area (Å²) in [6.45, 7) is 4.24. The molecule has 1 aliphatic heterocycles. The molecule has 0 bridgehead atoms. The highest BCUT2D eigenvalue weighted by Gasteiger charge is 2.12. The van der Waals surface area contributed by atoms with Gasteiger partial charge in [-0.05, 0) is 44.0 Å². The summed E-state index contributed by atoms with van der Waals surface area (Å²) in [6, 6.07) is 8.44. The van der Waals surface area contributed by atoms with Gasteiger partial charge >= 0.3 is 0 Å². The Bertz CT molecular complexity index is 604. The first-order valence-corrected chi connectivity index (χ1v) is 7.18. The normalized spacial score (nSPS) is 14.3. The molecule has 0 amide bonds. The number of nitrogens with two attached hydrogens (primary N) is 1. The van der Waals surface area contributed by atoms with E-state index in [-0.39, 0.29) is 0 Å². The van der Waals surface area contributed by atoms with Crippen molar-refractivity contribution in [2.45, 2.75) is 19.8 Å². The second-order valence-electron chi connectivity index (χ2n) is 5.21. The molecule has 2 aromatic rings. The third-order valence-corrected chi connectivity index (χ3v) is 3.82. The van der Waals surface area contributed by atoms with Gasteiger partial charge in [-0.3, -0.25) is 0 Å². The Kier molecular flexibility index (Phi) is 3.87. The Morgan fingerprint density at radius 3 is 2.38 bits per heavy atom. The summed E-state index contributed by atoms with van der Waals surface area (Å²) < 4.78 is 0. The maximum absolute atomic E-state index is 5.43. The van der Waals surface area contributed by atoms with Crippen LogP contribution in [0.25, 0.3) is 0 Å². The van der Waals surface area contributed by atoms with Crippen molar-refractivity contribution in [3.8, 4) is 0 Å². The number of hydrogen-bond donors (Lipinski definition) is 3. The van der Waals surface area contributed by atoms with E-state index >= 15 is 0 Å². The highest BCUT2D eigenvalue weighted by Crippen LogP contribution is 2.25. The molecule has 1 aromatic heterocycles. The first-order valence-electron chi connectivity index (χ1n) is 7.18. The molecule has 21 heavy (non-hydrogen) atoms. The zero-order valence-corrected chi connectivity index (χ0v) is 12.1. The SMILES string of the molecule is Cc1c(NN)ncnc1Nc1ccc(N2CCCC2)cc1. The van der Waals surface area contributed by atoms with E-state index in [9.17, 15) is 0 Å². The lowest BCUT2D eigenvalue weighted by atomic mass is 10.2. The summed E-state index contributed by atoms with van der Waals surface area (Å²) in [5, 5.41) is 3.30. The summed E-state index contributed by atoms with van der Waals surface area (Å²) in [5.74, 6) is 6.81. The lowest BCUT2D eigenvalue weighted by Crippen LogP contribution is -2.17. The number of nitrogens with zero attached hydrogens (tertiary/aromatic N) is 3. The molecule has 2 heterocycles. The van der Waals surface area contributed by atoms with Gasteiger partial charge in [0.1, 0.15) is 18.0 Å². The van der Waals surface area contributed by atoms with Gasteiger partial charge in [0.15, 0.2) is 0 Å². The van der Waals surface area contributed by atoms with Crippen LogP contribution in [0.2, 0.25) is 0 Å². The average molecular weight is 284 g/mol. The quantitative estimate of drug-likeness (QED) is 0.591. The van der Waals surface area contributed by atoms with Gasteiger partial charge in [0.25, 0.3) is 0 Å². The highest BCUT2D eigenvalue weighted by atomic mass is 15.3. The monoisotopic (exact) mass is 284 g/mol. The van der Waals surface area contributed by atoms with E-state index in [0.29, 0.717) is 5.82 Å². The van der Waals surface area contributed by atoms with Crippen molar-refractivity contribution in [2.24, 2.45) is 5.84 Å². The van der Waals surface area contributed by atoms with E-state index in [1.807, 2.05) is 6.92 Å². The molecule has 1 aromatic carbocycles. The standard InChI is InChI=1S/C15H20N6/c1-11-14(17-10-18-15(11)20-16)19-12-4-6-13(7-5-12)21-8-2-3-9-21/h4-7,10H,2-3,8-9,16H2,1H3,(H2,17,18,19,20). The lowest BCUT2D eigenvalue weighted by molar-refractivity contribution is 0.949.